The largest absolute Gasteiger partial charge is 0.466 e. The molecule has 0 bridgehead atoms. The Morgan fingerprint density at radius 2 is 2.00 bits per heavy atom. The monoisotopic (exact) mass is 451 g/mol. The van der Waals surface area contributed by atoms with E-state index in [2.05, 4.69) is 4.98 Å². The number of aromatic nitrogens is 2. The van der Waals surface area contributed by atoms with Gasteiger partial charge in [0.15, 0.2) is 5.69 Å². The zero-order valence-corrected chi connectivity index (χ0v) is 19.7. The predicted molar refractivity (Wildman–Crippen MR) is 124 cm³/mol. The fourth-order valence-corrected chi connectivity index (χ4v) is 3.99. The fourth-order valence-electron chi connectivity index (χ4n) is 3.99. The van der Waals surface area contributed by atoms with Gasteiger partial charge >= 0.3 is 11.7 Å². The van der Waals surface area contributed by atoms with Crippen LogP contribution < -0.4 is 21.9 Å². The number of nitrogens with two attached hydrogens (primary N) is 1. The first-order valence-corrected chi connectivity index (χ1v) is 11.5. The topological polar surface area (TPSA) is 131 Å². The van der Waals surface area contributed by atoms with Gasteiger partial charge in [-0.05, 0) is 38.6 Å². The molecular weight excluding hydrogens is 414 g/mol. The third-order valence-electron chi connectivity index (χ3n) is 5.55. The van der Waals surface area contributed by atoms with Crippen LogP contribution in [0.3, 0.4) is 0 Å². The lowest BCUT2D eigenvalue weighted by molar-refractivity contribution is -0.150. The van der Waals surface area contributed by atoms with Crippen molar-refractivity contribution < 1.29 is 14.3 Å². The molecule has 0 aromatic carbocycles. The number of carbonyl (C=O) groups is 2. The van der Waals surface area contributed by atoms with Crippen molar-refractivity contribution in [1.29, 1.82) is 0 Å². The standard InChI is InChI=1S/C22H37N5O5/c1-5-7-11-26(18-19(23)27(12-15(3)4)22(31)24-20(18)29)17(28)14-25-10-8-9-16(13-25)21(30)32-6-2/h15-16H,5-14,23H2,1-4H3,(H,24,29,31). The lowest BCUT2D eigenvalue weighted by Crippen LogP contribution is -2.48. The van der Waals surface area contributed by atoms with Gasteiger partial charge in [-0.25, -0.2) is 4.79 Å². The lowest BCUT2D eigenvalue weighted by Gasteiger charge is -2.33. The van der Waals surface area contributed by atoms with Crippen LogP contribution in [0.5, 0.6) is 0 Å². The van der Waals surface area contributed by atoms with Gasteiger partial charge in [0.2, 0.25) is 5.91 Å². The average Bonchev–Trinajstić information content (AvgIpc) is 2.73. The molecule has 10 heteroatoms. The van der Waals surface area contributed by atoms with E-state index in [1.807, 2.05) is 25.7 Å². The van der Waals surface area contributed by atoms with Crippen molar-refractivity contribution in [2.75, 3.05) is 43.4 Å². The number of nitrogens with zero attached hydrogens (tertiary/aromatic N) is 3. The first-order chi connectivity index (χ1) is 15.2. The molecular formula is C22H37N5O5. The summed E-state index contributed by atoms with van der Waals surface area (Å²) in [7, 11) is 0. The molecule has 0 aliphatic carbocycles. The summed E-state index contributed by atoms with van der Waals surface area (Å²) < 4.78 is 6.45. The van der Waals surface area contributed by atoms with Gasteiger partial charge in [-0.3, -0.25) is 28.8 Å². The highest BCUT2D eigenvalue weighted by molar-refractivity contribution is 5.96. The average molecular weight is 452 g/mol. The third-order valence-corrected chi connectivity index (χ3v) is 5.55. The van der Waals surface area contributed by atoms with Crippen LogP contribution in [0.1, 0.15) is 53.4 Å². The Bertz CT molecular complexity index is 907. The normalized spacial score (nSPS) is 16.8. The number of piperidine rings is 1. The fraction of sp³-hybridized carbons (Fsp3) is 0.727. The number of hydrogen-bond donors (Lipinski definition) is 2. The molecule has 1 aliphatic rings. The number of hydrogen-bond acceptors (Lipinski definition) is 7. The van der Waals surface area contributed by atoms with Crippen LogP contribution in [-0.2, 0) is 20.9 Å². The molecule has 3 N–H and O–H groups in total. The van der Waals surface area contributed by atoms with Gasteiger partial charge < -0.3 is 15.4 Å². The highest BCUT2D eigenvalue weighted by atomic mass is 16.5. The molecule has 1 amide bonds. The van der Waals surface area contributed by atoms with Gasteiger partial charge in [-0.15, -0.1) is 0 Å². The third kappa shape index (κ3) is 6.44. The van der Waals surface area contributed by atoms with Crippen LogP contribution in [0.15, 0.2) is 9.59 Å². The molecule has 180 valence electrons. The number of aromatic amines is 1. The highest BCUT2D eigenvalue weighted by Crippen LogP contribution is 2.21. The highest BCUT2D eigenvalue weighted by Gasteiger charge is 2.30. The minimum atomic E-state index is -0.667. The number of carbonyl (C=O) groups excluding carboxylic acids is 2. The molecule has 1 unspecified atom stereocenters. The molecule has 1 aromatic heterocycles. The lowest BCUT2D eigenvalue weighted by atomic mass is 9.98. The quantitative estimate of drug-likeness (QED) is 0.511. The van der Waals surface area contributed by atoms with Crippen LogP contribution in [0.25, 0.3) is 0 Å². The Morgan fingerprint density at radius 1 is 1.28 bits per heavy atom. The number of rotatable bonds is 10. The van der Waals surface area contributed by atoms with Crippen molar-refractivity contribution in [1.82, 2.24) is 14.5 Å². The van der Waals surface area contributed by atoms with E-state index in [0.29, 0.717) is 39.2 Å². The number of ether oxygens (including phenoxy) is 1. The van der Waals surface area contributed by atoms with E-state index in [4.69, 9.17) is 10.5 Å². The summed E-state index contributed by atoms with van der Waals surface area (Å²) in [4.78, 5) is 56.1. The maximum Gasteiger partial charge on any atom is 0.330 e. The molecule has 1 atom stereocenters. The summed E-state index contributed by atoms with van der Waals surface area (Å²) in [6.45, 7) is 9.79. The molecule has 1 aromatic rings. The number of anilines is 2. The Morgan fingerprint density at radius 3 is 2.62 bits per heavy atom. The summed E-state index contributed by atoms with van der Waals surface area (Å²) >= 11 is 0. The number of nitrogen functional groups attached to an aromatic ring is 1. The van der Waals surface area contributed by atoms with E-state index in [0.717, 1.165) is 19.3 Å². The zero-order chi connectivity index (χ0) is 23.8. The minimum absolute atomic E-state index is 0.0000488. The van der Waals surface area contributed by atoms with Crippen LogP contribution in [0, 0.1) is 11.8 Å². The smallest absolute Gasteiger partial charge is 0.330 e. The number of amides is 1. The summed E-state index contributed by atoms with van der Waals surface area (Å²) in [5, 5.41) is 0. The van der Waals surface area contributed by atoms with Gasteiger partial charge in [0.05, 0.1) is 19.1 Å². The van der Waals surface area contributed by atoms with Crippen LogP contribution in [-0.4, -0.2) is 59.1 Å². The van der Waals surface area contributed by atoms with E-state index < -0.39 is 11.2 Å². The summed E-state index contributed by atoms with van der Waals surface area (Å²) in [5.74, 6) is -0.660. The number of unbranched alkanes of at least 4 members (excludes halogenated alkanes) is 1. The van der Waals surface area contributed by atoms with Crippen molar-refractivity contribution in [2.24, 2.45) is 11.8 Å². The van der Waals surface area contributed by atoms with E-state index in [1.165, 1.54) is 9.47 Å². The second-order valence-electron chi connectivity index (χ2n) is 8.72. The first-order valence-electron chi connectivity index (χ1n) is 11.5. The molecule has 1 fully saturated rings. The molecule has 0 spiro atoms. The molecule has 1 aliphatic heterocycles. The van der Waals surface area contributed by atoms with Crippen molar-refractivity contribution in [2.45, 2.75) is 59.9 Å². The molecule has 0 saturated carbocycles. The van der Waals surface area contributed by atoms with E-state index >= 15 is 0 Å². The Hall–Kier alpha value is -2.62. The Balaban J connectivity index is 2.30. The van der Waals surface area contributed by atoms with Gasteiger partial charge in [-0.1, -0.05) is 27.2 Å². The van der Waals surface area contributed by atoms with Crippen LogP contribution in [0.4, 0.5) is 11.5 Å². The number of likely N-dealkylation sites (tertiary alicyclic amines) is 1. The molecule has 1 saturated heterocycles. The van der Waals surface area contributed by atoms with Crippen molar-refractivity contribution in [3.63, 3.8) is 0 Å². The van der Waals surface area contributed by atoms with Crippen LogP contribution in [0.2, 0.25) is 0 Å². The van der Waals surface area contributed by atoms with E-state index in [1.54, 1.807) is 6.92 Å². The van der Waals surface area contributed by atoms with Gasteiger partial charge in [0.25, 0.3) is 5.56 Å². The molecule has 0 radical (unpaired) electrons. The van der Waals surface area contributed by atoms with Crippen molar-refractivity contribution in [3.05, 3.63) is 20.8 Å². The molecule has 2 rings (SSSR count). The number of esters is 1. The van der Waals surface area contributed by atoms with Crippen LogP contribution >= 0.6 is 0 Å². The Kier molecular flexibility index (Phi) is 9.49. The maximum atomic E-state index is 13.3. The number of nitrogens with one attached hydrogen (secondary N) is 1. The maximum absolute atomic E-state index is 13.3. The minimum Gasteiger partial charge on any atom is -0.466 e. The van der Waals surface area contributed by atoms with E-state index in [-0.39, 0.29) is 41.8 Å². The predicted octanol–water partition coefficient (Wildman–Crippen LogP) is 1.18. The summed E-state index contributed by atoms with van der Waals surface area (Å²) in [5.41, 5.74) is 5.01. The van der Waals surface area contributed by atoms with Gasteiger partial charge in [0, 0.05) is 19.6 Å². The zero-order valence-electron chi connectivity index (χ0n) is 19.7. The molecule has 2 heterocycles. The SMILES string of the molecule is CCCCN(C(=O)CN1CCCC(C(=O)OCC)C1)c1c(N)n(CC(C)C)c(=O)[nH]c1=O. The second kappa shape index (κ2) is 11.8. The van der Waals surface area contributed by atoms with Gasteiger partial charge in [-0.2, -0.15) is 0 Å². The first kappa shape index (κ1) is 25.6. The van der Waals surface area contributed by atoms with Crippen molar-refractivity contribution >= 4 is 23.4 Å². The molecule has 10 nitrogen and oxygen atoms in total. The van der Waals surface area contributed by atoms with Gasteiger partial charge in [0.1, 0.15) is 5.82 Å². The second-order valence-corrected chi connectivity index (χ2v) is 8.72. The Labute approximate surface area is 188 Å². The summed E-state index contributed by atoms with van der Waals surface area (Å²) in [6, 6.07) is 0. The number of H-pyrrole nitrogens is 1. The van der Waals surface area contributed by atoms with Crippen molar-refractivity contribution in [3.8, 4) is 0 Å². The summed E-state index contributed by atoms with van der Waals surface area (Å²) in [6.07, 6.45) is 3.02. The molecule has 32 heavy (non-hydrogen) atoms. The van der Waals surface area contributed by atoms with E-state index in [9.17, 15) is 19.2 Å².